The van der Waals surface area contributed by atoms with Crippen molar-refractivity contribution in [1.82, 2.24) is 5.32 Å². The molecular weight excluding hydrogens is 289 g/mol. The number of hydrogen-bond acceptors (Lipinski definition) is 1. The molecule has 0 aliphatic rings. The van der Waals surface area contributed by atoms with Gasteiger partial charge in [-0.25, -0.2) is 0 Å². The highest BCUT2D eigenvalue weighted by Gasteiger charge is 2.08. The van der Waals surface area contributed by atoms with Crippen molar-refractivity contribution in [3.63, 3.8) is 0 Å². The largest absolute Gasteiger partial charge is 0.306 e. The van der Waals surface area contributed by atoms with E-state index in [1.54, 1.807) is 0 Å². The molecule has 2 aromatic rings. The monoisotopic (exact) mass is 307 g/mol. The highest BCUT2D eigenvalue weighted by molar-refractivity contribution is 6.42. The summed E-state index contributed by atoms with van der Waals surface area (Å²) in [5.74, 6) is 0. The molecule has 0 aliphatic heterocycles. The molecule has 0 fully saturated rings. The molecule has 106 valence electrons. The van der Waals surface area contributed by atoms with E-state index in [9.17, 15) is 0 Å². The molecule has 1 N–H and O–H groups in total. The highest BCUT2D eigenvalue weighted by Crippen LogP contribution is 2.25. The second-order valence-electron chi connectivity index (χ2n) is 5.21. The average Bonchev–Trinajstić information content (AvgIpc) is 2.40. The van der Waals surface area contributed by atoms with Crippen LogP contribution in [-0.2, 0) is 6.54 Å². The van der Waals surface area contributed by atoms with E-state index in [4.69, 9.17) is 23.2 Å². The van der Waals surface area contributed by atoms with E-state index < -0.39 is 0 Å². The maximum Gasteiger partial charge on any atom is 0.0595 e. The Morgan fingerprint density at radius 1 is 1.00 bits per heavy atom. The lowest BCUT2D eigenvalue weighted by atomic mass is 10.0. The third-order valence-electron chi connectivity index (χ3n) is 3.54. The van der Waals surface area contributed by atoms with Crippen molar-refractivity contribution < 1.29 is 0 Å². The van der Waals surface area contributed by atoms with Crippen molar-refractivity contribution in [3.8, 4) is 0 Å². The second kappa shape index (κ2) is 6.62. The fourth-order valence-corrected chi connectivity index (χ4v) is 2.51. The van der Waals surface area contributed by atoms with Gasteiger partial charge in [0, 0.05) is 12.6 Å². The molecule has 0 radical (unpaired) electrons. The Kier molecular flexibility index (Phi) is 5.09. The van der Waals surface area contributed by atoms with Gasteiger partial charge in [0.15, 0.2) is 0 Å². The van der Waals surface area contributed by atoms with Crippen LogP contribution in [0.5, 0.6) is 0 Å². The second-order valence-corrected chi connectivity index (χ2v) is 6.02. The maximum atomic E-state index is 6.06. The first kappa shape index (κ1) is 15.4. The van der Waals surface area contributed by atoms with Gasteiger partial charge in [-0.1, -0.05) is 53.0 Å². The van der Waals surface area contributed by atoms with Crippen molar-refractivity contribution >= 4 is 23.2 Å². The van der Waals surface area contributed by atoms with E-state index in [2.05, 4.69) is 44.3 Å². The number of halogens is 2. The van der Waals surface area contributed by atoms with Crippen LogP contribution in [0.25, 0.3) is 0 Å². The number of aryl methyl sites for hydroxylation is 2. The van der Waals surface area contributed by atoms with Gasteiger partial charge in [-0.3, -0.25) is 0 Å². The summed E-state index contributed by atoms with van der Waals surface area (Å²) in [7, 11) is 0. The van der Waals surface area contributed by atoms with Gasteiger partial charge in [0.1, 0.15) is 0 Å². The molecule has 0 saturated carbocycles. The molecule has 0 aliphatic carbocycles. The Bertz CT molecular complexity index is 608. The zero-order valence-corrected chi connectivity index (χ0v) is 13.5. The fourth-order valence-electron chi connectivity index (χ4n) is 2.21. The lowest BCUT2D eigenvalue weighted by Gasteiger charge is -2.16. The van der Waals surface area contributed by atoms with Crippen LogP contribution in [0, 0.1) is 13.8 Å². The summed E-state index contributed by atoms with van der Waals surface area (Å²) in [6.07, 6.45) is 0. The van der Waals surface area contributed by atoms with E-state index in [1.165, 1.54) is 16.7 Å². The SMILES string of the molecule is Cc1ccc(CNC(C)c2ccc(Cl)c(Cl)c2)c(C)c1. The maximum absolute atomic E-state index is 6.06. The van der Waals surface area contributed by atoms with Crippen LogP contribution in [0.3, 0.4) is 0 Å². The first-order chi connectivity index (χ1) is 9.47. The van der Waals surface area contributed by atoms with Gasteiger partial charge < -0.3 is 5.32 Å². The first-order valence-electron chi connectivity index (χ1n) is 6.72. The van der Waals surface area contributed by atoms with Gasteiger partial charge in [-0.05, 0) is 49.6 Å². The molecule has 0 aromatic heterocycles. The van der Waals surface area contributed by atoms with E-state index in [-0.39, 0.29) is 6.04 Å². The molecule has 2 rings (SSSR count). The van der Waals surface area contributed by atoms with Crippen LogP contribution in [-0.4, -0.2) is 0 Å². The Morgan fingerprint density at radius 2 is 1.75 bits per heavy atom. The number of rotatable bonds is 4. The molecule has 0 amide bonds. The summed E-state index contributed by atoms with van der Waals surface area (Å²) in [6, 6.07) is 12.5. The van der Waals surface area contributed by atoms with Crippen molar-refractivity contribution in [2.24, 2.45) is 0 Å². The molecule has 1 nitrogen and oxygen atoms in total. The van der Waals surface area contributed by atoms with Gasteiger partial charge in [0.2, 0.25) is 0 Å². The van der Waals surface area contributed by atoms with Crippen LogP contribution in [0.2, 0.25) is 10.0 Å². The number of hydrogen-bond donors (Lipinski definition) is 1. The van der Waals surface area contributed by atoms with Gasteiger partial charge in [0.05, 0.1) is 10.0 Å². The average molecular weight is 308 g/mol. The smallest absolute Gasteiger partial charge is 0.0595 e. The van der Waals surface area contributed by atoms with Gasteiger partial charge in [0.25, 0.3) is 0 Å². The van der Waals surface area contributed by atoms with Gasteiger partial charge in [-0.2, -0.15) is 0 Å². The summed E-state index contributed by atoms with van der Waals surface area (Å²) >= 11 is 12.0. The predicted molar refractivity (Wildman–Crippen MR) is 87.6 cm³/mol. The first-order valence-corrected chi connectivity index (χ1v) is 7.47. The van der Waals surface area contributed by atoms with Crippen molar-refractivity contribution in [1.29, 1.82) is 0 Å². The summed E-state index contributed by atoms with van der Waals surface area (Å²) in [6.45, 7) is 7.23. The lowest BCUT2D eigenvalue weighted by Crippen LogP contribution is -2.18. The normalized spacial score (nSPS) is 12.4. The Morgan fingerprint density at radius 3 is 2.40 bits per heavy atom. The molecule has 2 aromatic carbocycles. The lowest BCUT2D eigenvalue weighted by molar-refractivity contribution is 0.573. The topological polar surface area (TPSA) is 12.0 Å². The van der Waals surface area contributed by atoms with Crippen molar-refractivity contribution in [3.05, 3.63) is 68.7 Å². The molecule has 20 heavy (non-hydrogen) atoms. The van der Waals surface area contributed by atoms with Crippen LogP contribution < -0.4 is 5.32 Å². The molecular formula is C17H19Cl2N. The van der Waals surface area contributed by atoms with Crippen LogP contribution in [0.1, 0.15) is 35.2 Å². The van der Waals surface area contributed by atoms with E-state index in [0.717, 1.165) is 12.1 Å². The van der Waals surface area contributed by atoms with Gasteiger partial charge in [-0.15, -0.1) is 0 Å². The molecule has 0 heterocycles. The van der Waals surface area contributed by atoms with Crippen molar-refractivity contribution in [2.45, 2.75) is 33.4 Å². The zero-order valence-electron chi connectivity index (χ0n) is 12.0. The van der Waals surface area contributed by atoms with Crippen LogP contribution in [0.15, 0.2) is 36.4 Å². The van der Waals surface area contributed by atoms with E-state index >= 15 is 0 Å². The standard InChI is InChI=1S/C17H19Cl2N/c1-11-4-5-15(12(2)8-11)10-20-13(3)14-6-7-16(18)17(19)9-14/h4-9,13,20H,10H2,1-3H3. The summed E-state index contributed by atoms with van der Waals surface area (Å²) in [5.41, 5.74) is 5.08. The van der Waals surface area contributed by atoms with Crippen LogP contribution >= 0.6 is 23.2 Å². The Labute approximate surface area is 130 Å². The third-order valence-corrected chi connectivity index (χ3v) is 4.28. The Balaban J connectivity index is 2.04. The summed E-state index contributed by atoms with van der Waals surface area (Å²) in [5, 5.41) is 4.72. The zero-order chi connectivity index (χ0) is 14.7. The minimum atomic E-state index is 0.227. The minimum Gasteiger partial charge on any atom is -0.306 e. The molecule has 1 atom stereocenters. The fraction of sp³-hybridized carbons (Fsp3) is 0.294. The molecule has 0 spiro atoms. The van der Waals surface area contributed by atoms with Crippen LogP contribution in [0.4, 0.5) is 0 Å². The predicted octanol–water partition coefficient (Wildman–Crippen LogP) is 5.46. The summed E-state index contributed by atoms with van der Waals surface area (Å²) in [4.78, 5) is 0. The highest BCUT2D eigenvalue weighted by atomic mass is 35.5. The molecule has 3 heteroatoms. The summed E-state index contributed by atoms with van der Waals surface area (Å²) < 4.78 is 0. The number of nitrogens with one attached hydrogen (secondary N) is 1. The molecule has 0 bridgehead atoms. The van der Waals surface area contributed by atoms with Gasteiger partial charge >= 0.3 is 0 Å². The van der Waals surface area contributed by atoms with E-state index in [0.29, 0.717) is 10.0 Å². The molecule has 0 saturated heterocycles. The minimum absolute atomic E-state index is 0.227. The molecule has 1 unspecified atom stereocenters. The quantitative estimate of drug-likeness (QED) is 0.790. The van der Waals surface area contributed by atoms with Crippen molar-refractivity contribution in [2.75, 3.05) is 0 Å². The number of benzene rings is 2. The van der Waals surface area contributed by atoms with E-state index in [1.807, 2.05) is 18.2 Å². The Hall–Kier alpha value is -1.02. The third kappa shape index (κ3) is 3.76.